The minimum atomic E-state index is -4.04. The lowest BCUT2D eigenvalue weighted by molar-refractivity contribution is -0.119. The molecule has 1 N–H and O–H groups in total. The minimum absolute atomic E-state index is 0.111. The lowest BCUT2D eigenvalue weighted by Gasteiger charge is -2.25. The predicted octanol–water partition coefficient (Wildman–Crippen LogP) is 6.28. The fourth-order valence-electron chi connectivity index (χ4n) is 4.57. The van der Waals surface area contributed by atoms with E-state index in [0.29, 0.717) is 11.4 Å². The van der Waals surface area contributed by atoms with Gasteiger partial charge in [0.2, 0.25) is 0 Å². The fraction of sp³-hybridized carbons (Fsp3) is 0.517. The average Bonchev–Trinajstić information content (AvgIpc) is 2.87. The first-order valence-electron chi connectivity index (χ1n) is 13.4. The Labute approximate surface area is 222 Å². The Morgan fingerprint density at radius 3 is 1.97 bits per heavy atom. The molecule has 1 aliphatic carbocycles. The Balaban J connectivity index is 1.84. The van der Waals surface area contributed by atoms with Crippen molar-refractivity contribution in [1.82, 2.24) is 5.43 Å². The number of carbonyl (C=O) groups excluding carboxylic acids is 1. The van der Waals surface area contributed by atoms with Crippen molar-refractivity contribution in [3.05, 3.63) is 53.6 Å². The summed E-state index contributed by atoms with van der Waals surface area (Å²) in [6.07, 6.45) is 12.6. The van der Waals surface area contributed by atoms with Crippen LogP contribution in [0.15, 0.2) is 52.5 Å². The number of hydrogen-bond acceptors (Lipinski definition) is 5. The zero-order valence-corrected chi connectivity index (χ0v) is 23.3. The molecule has 1 saturated carbocycles. The molecular weight excluding hydrogens is 486 g/mol. The lowest BCUT2D eigenvalue weighted by Crippen LogP contribution is -2.40. The summed E-state index contributed by atoms with van der Waals surface area (Å²) >= 11 is 0. The number of rotatable bonds is 7. The summed E-state index contributed by atoms with van der Waals surface area (Å²) in [7, 11) is -2.55. The van der Waals surface area contributed by atoms with Gasteiger partial charge in [-0.1, -0.05) is 68.7 Å². The lowest BCUT2D eigenvalue weighted by atomic mass is 10.00. The smallest absolute Gasteiger partial charge is 0.264 e. The van der Waals surface area contributed by atoms with Crippen LogP contribution in [0.3, 0.4) is 0 Å². The maximum Gasteiger partial charge on any atom is 0.264 e. The molecule has 202 valence electrons. The molecule has 0 atom stereocenters. The van der Waals surface area contributed by atoms with Crippen molar-refractivity contribution < 1.29 is 17.9 Å². The molecule has 0 aromatic heterocycles. The van der Waals surface area contributed by atoms with Crippen LogP contribution in [0.4, 0.5) is 5.69 Å². The van der Waals surface area contributed by atoms with Gasteiger partial charge in [-0.3, -0.25) is 9.10 Å². The van der Waals surface area contributed by atoms with E-state index in [0.717, 1.165) is 46.8 Å². The molecule has 7 nitrogen and oxygen atoms in total. The van der Waals surface area contributed by atoms with E-state index in [1.165, 1.54) is 52.1 Å². The zero-order valence-electron chi connectivity index (χ0n) is 22.5. The molecule has 1 aliphatic rings. The third kappa shape index (κ3) is 8.59. The first-order valence-corrected chi connectivity index (χ1v) is 14.8. The predicted molar refractivity (Wildman–Crippen MR) is 150 cm³/mol. The largest absolute Gasteiger partial charge is 0.495 e. The average molecular weight is 528 g/mol. The van der Waals surface area contributed by atoms with E-state index >= 15 is 0 Å². The second-order valence-corrected chi connectivity index (χ2v) is 11.8. The summed E-state index contributed by atoms with van der Waals surface area (Å²) in [5, 5.41) is 4.45. The first kappa shape index (κ1) is 28.7. The molecule has 8 heteroatoms. The van der Waals surface area contributed by atoms with Crippen LogP contribution in [0.5, 0.6) is 5.75 Å². The van der Waals surface area contributed by atoms with Gasteiger partial charge in [-0.2, -0.15) is 5.10 Å². The first-order chi connectivity index (χ1) is 17.8. The van der Waals surface area contributed by atoms with Gasteiger partial charge >= 0.3 is 0 Å². The Kier molecular flexibility index (Phi) is 11.0. The minimum Gasteiger partial charge on any atom is -0.495 e. The van der Waals surface area contributed by atoms with Crippen molar-refractivity contribution in [2.45, 2.75) is 89.4 Å². The number of amides is 1. The number of hydrogen-bond donors (Lipinski definition) is 1. The van der Waals surface area contributed by atoms with Crippen LogP contribution in [0.25, 0.3) is 0 Å². The summed E-state index contributed by atoms with van der Waals surface area (Å²) in [6.45, 7) is 3.36. The number of carbonyl (C=O) groups is 1. The molecule has 37 heavy (non-hydrogen) atoms. The topological polar surface area (TPSA) is 88.1 Å². The summed E-state index contributed by atoms with van der Waals surface area (Å²) in [5.41, 5.74) is 5.75. The Bertz CT molecular complexity index is 1150. The molecule has 3 rings (SSSR count). The van der Waals surface area contributed by atoms with Crippen LogP contribution >= 0.6 is 0 Å². The van der Waals surface area contributed by atoms with Crippen LogP contribution in [0.2, 0.25) is 0 Å². The second-order valence-electron chi connectivity index (χ2n) is 9.90. The molecule has 0 spiro atoms. The fourth-order valence-corrected chi connectivity index (χ4v) is 5.99. The van der Waals surface area contributed by atoms with Crippen LogP contribution in [-0.4, -0.2) is 33.7 Å². The van der Waals surface area contributed by atoms with E-state index in [1.807, 2.05) is 19.9 Å². The number of methoxy groups -OCH3 is 1. The van der Waals surface area contributed by atoms with E-state index < -0.39 is 22.5 Å². The SMILES string of the molecule is COc1ccc(C)cc1N(CC(=O)NN=C1CCCCCCCCCCC1)S(=O)(=O)c1ccc(C)cc1. The number of nitrogens with zero attached hydrogens (tertiary/aromatic N) is 2. The summed E-state index contributed by atoms with van der Waals surface area (Å²) in [4.78, 5) is 13.2. The van der Waals surface area contributed by atoms with Crippen molar-refractivity contribution >= 4 is 27.3 Å². The van der Waals surface area contributed by atoms with Gasteiger partial charge in [-0.05, 0) is 69.4 Å². The second kappa shape index (κ2) is 14.2. The van der Waals surface area contributed by atoms with E-state index in [9.17, 15) is 13.2 Å². The Morgan fingerprint density at radius 1 is 0.865 bits per heavy atom. The molecular formula is C29H41N3O4S. The van der Waals surface area contributed by atoms with Gasteiger partial charge < -0.3 is 4.74 Å². The molecule has 0 saturated heterocycles. The normalized spacial score (nSPS) is 15.7. The van der Waals surface area contributed by atoms with Gasteiger partial charge in [-0.25, -0.2) is 13.8 Å². The van der Waals surface area contributed by atoms with Crippen molar-refractivity contribution in [3.8, 4) is 5.75 Å². The number of benzene rings is 2. The molecule has 0 unspecified atom stereocenters. The summed E-state index contributed by atoms with van der Waals surface area (Å²) in [5.74, 6) is -0.113. The van der Waals surface area contributed by atoms with E-state index in [2.05, 4.69) is 10.5 Å². The number of anilines is 1. The highest BCUT2D eigenvalue weighted by molar-refractivity contribution is 7.92. The Hall–Kier alpha value is -2.87. The quantitative estimate of drug-likeness (QED) is 0.429. The van der Waals surface area contributed by atoms with Gasteiger partial charge in [0.05, 0.1) is 17.7 Å². The van der Waals surface area contributed by atoms with Gasteiger partial charge in [0, 0.05) is 5.71 Å². The molecule has 0 heterocycles. The van der Waals surface area contributed by atoms with E-state index in [4.69, 9.17) is 4.74 Å². The van der Waals surface area contributed by atoms with E-state index in [-0.39, 0.29) is 4.90 Å². The van der Waals surface area contributed by atoms with Crippen molar-refractivity contribution in [2.24, 2.45) is 5.10 Å². The summed E-state index contributed by atoms with van der Waals surface area (Å²) in [6, 6.07) is 11.9. The number of sulfonamides is 1. The van der Waals surface area contributed by atoms with Gasteiger partial charge in [0.1, 0.15) is 12.3 Å². The number of nitrogens with one attached hydrogen (secondary N) is 1. The molecule has 1 fully saturated rings. The summed E-state index contributed by atoms with van der Waals surface area (Å²) < 4.78 is 34.0. The monoisotopic (exact) mass is 527 g/mol. The zero-order chi connectivity index (χ0) is 26.7. The maximum atomic E-state index is 13.7. The molecule has 0 bridgehead atoms. The van der Waals surface area contributed by atoms with Crippen molar-refractivity contribution in [1.29, 1.82) is 0 Å². The molecule has 2 aromatic rings. The highest BCUT2D eigenvalue weighted by Crippen LogP contribution is 2.33. The Morgan fingerprint density at radius 2 is 1.41 bits per heavy atom. The molecule has 0 radical (unpaired) electrons. The van der Waals surface area contributed by atoms with Gasteiger partial charge in [0.25, 0.3) is 15.9 Å². The van der Waals surface area contributed by atoms with Crippen LogP contribution < -0.4 is 14.5 Å². The molecule has 2 aromatic carbocycles. The number of ether oxygens (including phenoxy) is 1. The maximum absolute atomic E-state index is 13.7. The standard InChI is InChI=1S/C29H41N3O4S/c1-23-15-18-26(19-16-23)37(34,35)32(27-21-24(2)17-20-28(27)36-3)22-29(33)31-30-25-13-11-9-7-5-4-6-8-10-12-14-25/h15-21H,4-14,22H2,1-3H3,(H,31,33). The highest BCUT2D eigenvalue weighted by atomic mass is 32.2. The third-order valence-corrected chi connectivity index (χ3v) is 8.54. The van der Waals surface area contributed by atoms with Crippen molar-refractivity contribution in [2.75, 3.05) is 18.0 Å². The van der Waals surface area contributed by atoms with Crippen LogP contribution in [0, 0.1) is 13.8 Å². The van der Waals surface area contributed by atoms with Crippen molar-refractivity contribution in [3.63, 3.8) is 0 Å². The third-order valence-electron chi connectivity index (χ3n) is 6.77. The van der Waals surface area contributed by atoms with Gasteiger partial charge in [0.15, 0.2) is 0 Å². The number of aryl methyl sites for hydroxylation is 2. The van der Waals surface area contributed by atoms with Crippen LogP contribution in [-0.2, 0) is 14.8 Å². The van der Waals surface area contributed by atoms with Gasteiger partial charge in [-0.15, -0.1) is 0 Å². The highest BCUT2D eigenvalue weighted by Gasteiger charge is 2.29. The van der Waals surface area contributed by atoms with E-state index in [1.54, 1.807) is 36.4 Å². The van der Waals surface area contributed by atoms with Crippen LogP contribution in [0.1, 0.15) is 81.8 Å². The number of hydrazone groups is 1. The molecule has 0 aliphatic heterocycles. The molecule has 1 amide bonds.